The average molecular weight is 564 g/mol. The normalized spacial score (nSPS) is 16.7. The van der Waals surface area contributed by atoms with E-state index in [1.807, 2.05) is 66.9 Å². The summed E-state index contributed by atoms with van der Waals surface area (Å²) >= 11 is 0. The summed E-state index contributed by atoms with van der Waals surface area (Å²) in [5, 5.41) is 11.1. The Balaban J connectivity index is 1.69. The number of benzene rings is 2. The van der Waals surface area contributed by atoms with Crippen LogP contribution in [0.3, 0.4) is 0 Å². The Hall–Kier alpha value is -4.25. The summed E-state index contributed by atoms with van der Waals surface area (Å²) in [6.45, 7) is 0.575. The minimum absolute atomic E-state index is 0.231. The number of likely N-dealkylation sites (N-methyl/N-ethyl adjacent to an activating group) is 1. The van der Waals surface area contributed by atoms with Crippen LogP contribution in [0.1, 0.15) is 36.8 Å². The Labute approximate surface area is 240 Å². The van der Waals surface area contributed by atoms with Crippen LogP contribution >= 0.6 is 0 Å². The number of primary amides is 1. The second-order valence-electron chi connectivity index (χ2n) is 10.1. The molecule has 1 heterocycles. The molecule has 6 N–H and O–H groups in total. The van der Waals surface area contributed by atoms with Crippen molar-refractivity contribution in [1.82, 2.24) is 26.2 Å². The van der Waals surface area contributed by atoms with Crippen molar-refractivity contribution in [3.8, 4) is 0 Å². The highest BCUT2D eigenvalue weighted by molar-refractivity contribution is 5.94. The molecule has 1 fully saturated rings. The van der Waals surface area contributed by atoms with E-state index in [9.17, 15) is 24.0 Å². The van der Waals surface area contributed by atoms with Crippen LogP contribution in [-0.2, 0) is 32.0 Å². The van der Waals surface area contributed by atoms with E-state index in [1.165, 1.54) is 4.90 Å². The van der Waals surface area contributed by atoms with Gasteiger partial charge in [0.05, 0.1) is 12.1 Å². The zero-order chi connectivity index (χ0) is 29.6. The highest BCUT2D eigenvalue weighted by Crippen LogP contribution is 2.20. The molecule has 2 aromatic carbocycles. The van der Waals surface area contributed by atoms with Crippen molar-refractivity contribution in [2.75, 3.05) is 20.1 Å². The van der Waals surface area contributed by atoms with E-state index in [0.29, 0.717) is 32.2 Å². The first-order valence-corrected chi connectivity index (χ1v) is 13.9. The van der Waals surface area contributed by atoms with E-state index in [0.717, 1.165) is 11.1 Å². The Morgan fingerprint density at radius 2 is 1.59 bits per heavy atom. The van der Waals surface area contributed by atoms with Crippen molar-refractivity contribution < 1.29 is 24.0 Å². The Bertz CT molecular complexity index is 1160. The minimum atomic E-state index is -0.921. The van der Waals surface area contributed by atoms with Crippen LogP contribution in [0.15, 0.2) is 60.7 Å². The molecular weight excluding hydrogens is 524 g/mol. The summed E-state index contributed by atoms with van der Waals surface area (Å²) in [5.41, 5.74) is 7.00. The van der Waals surface area contributed by atoms with Crippen LogP contribution in [0.5, 0.6) is 0 Å². The van der Waals surface area contributed by atoms with Crippen LogP contribution in [0.25, 0.3) is 0 Å². The van der Waals surface area contributed by atoms with Crippen molar-refractivity contribution in [1.29, 1.82) is 0 Å². The lowest BCUT2D eigenvalue weighted by Gasteiger charge is -2.30. The Morgan fingerprint density at radius 3 is 2.17 bits per heavy atom. The van der Waals surface area contributed by atoms with Crippen LogP contribution in [0.2, 0.25) is 0 Å². The summed E-state index contributed by atoms with van der Waals surface area (Å²) in [5.74, 6) is -1.17. The molecular formula is C30H39N6O5. The largest absolute Gasteiger partial charge is 0.352 e. The lowest BCUT2D eigenvalue weighted by molar-refractivity contribution is -0.141. The summed E-state index contributed by atoms with van der Waals surface area (Å²) in [6.07, 6.45) is 4.25. The minimum Gasteiger partial charge on any atom is -0.352 e. The molecule has 0 bridgehead atoms. The van der Waals surface area contributed by atoms with E-state index in [1.54, 1.807) is 7.05 Å². The highest BCUT2D eigenvalue weighted by atomic mass is 16.2. The quantitative estimate of drug-likeness (QED) is 0.199. The van der Waals surface area contributed by atoms with Crippen LogP contribution in [0, 0.1) is 0 Å². The van der Waals surface area contributed by atoms with E-state index in [-0.39, 0.29) is 31.2 Å². The predicted octanol–water partition coefficient (Wildman–Crippen LogP) is 0.579. The third kappa shape index (κ3) is 9.71. The molecule has 1 radical (unpaired) electrons. The standard InChI is InChI=1S/C30H39N6O5/c1-32-25(19-22-12-6-3-7-13-22)27(38)35-24(14-8-16-33-30(31)41)29(40)36-17-9-15-26(36)28(39)34-23(20-37)18-21-10-4-2-5-11-21/h2-7,10-13,23-26,32H,8-9,14-19H2,1H3,(H,34,39)(H,35,38)(H3,31,33,41)/t23-,24-,25-,26-/m0/s1. The maximum Gasteiger partial charge on any atom is 0.312 e. The summed E-state index contributed by atoms with van der Waals surface area (Å²) in [7, 11) is 1.68. The molecule has 0 aliphatic carbocycles. The molecule has 5 amide bonds. The van der Waals surface area contributed by atoms with Gasteiger partial charge in [-0.1, -0.05) is 60.7 Å². The summed E-state index contributed by atoms with van der Waals surface area (Å²) < 4.78 is 0. The number of hydrogen-bond donors (Lipinski definition) is 5. The summed E-state index contributed by atoms with van der Waals surface area (Å²) in [6, 6.07) is 15.0. The second-order valence-corrected chi connectivity index (χ2v) is 10.1. The van der Waals surface area contributed by atoms with Crippen molar-refractivity contribution in [2.24, 2.45) is 5.73 Å². The number of hydrogen-bond acceptors (Lipinski definition) is 6. The first kappa shape index (κ1) is 31.3. The van der Waals surface area contributed by atoms with Crippen molar-refractivity contribution >= 4 is 30.0 Å². The van der Waals surface area contributed by atoms with Gasteiger partial charge in [0.25, 0.3) is 0 Å². The van der Waals surface area contributed by atoms with Crippen LogP contribution in [0.4, 0.5) is 4.79 Å². The topological polar surface area (TPSA) is 163 Å². The van der Waals surface area contributed by atoms with Gasteiger partial charge in [-0.2, -0.15) is 0 Å². The number of amides is 5. The molecule has 41 heavy (non-hydrogen) atoms. The zero-order valence-corrected chi connectivity index (χ0v) is 23.3. The Kier molecular flexibility index (Phi) is 12.3. The van der Waals surface area contributed by atoms with Gasteiger partial charge >= 0.3 is 6.03 Å². The molecule has 0 unspecified atom stereocenters. The first-order valence-electron chi connectivity index (χ1n) is 13.9. The Morgan fingerprint density at radius 1 is 0.951 bits per heavy atom. The number of carbonyl (C=O) groups excluding carboxylic acids is 5. The number of nitrogens with one attached hydrogen (secondary N) is 4. The molecule has 0 saturated carbocycles. The van der Waals surface area contributed by atoms with E-state index in [4.69, 9.17) is 5.73 Å². The lowest BCUT2D eigenvalue weighted by Crippen LogP contribution is -2.57. The third-order valence-corrected chi connectivity index (χ3v) is 7.11. The fourth-order valence-electron chi connectivity index (χ4n) is 4.97. The number of nitrogens with two attached hydrogens (primary N) is 1. The van der Waals surface area contributed by atoms with Gasteiger partial charge in [-0.05, 0) is 50.3 Å². The number of likely N-dealkylation sites (tertiary alicyclic amines) is 1. The molecule has 1 aliphatic heterocycles. The van der Waals surface area contributed by atoms with Crippen LogP contribution < -0.4 is 27.0 Å². The number of nitrogens with zero attached hydrogens (tertiary/aromatic N) is 1. The van der Waals surface area contributed by atoms with Gasteiger partial charge in [0.15, 0.2) is 0 Å². The van der Waals surface area contributed by atoms with E-state index in [2.05, 4.69) is 21.3 Å². The maximum atomic E-state index is 13.8. The molecule has 11 nitrogen and oxygen atoms in total. The second kappa shape index (κ2) is 16.1. The molecule has 3 rings (SSSR count). The molecule has 11 heteroatoms. The smallest absolute Gasteiger partial charge is 0.312 e. The fraction of sp³-hybridized carbons (Fsp3) is 0.433. The monoisotopic (exact) mass is 563 g/mol. The predicted molar refractivity (Wildman–Crippen MR) is 154 cm³/mol. The molecule has 2 aromatic rings. The van der Waals surface area contributed by atoms with E-state index < -0.39 is 36.1 Å². The number of carbonyl (C=O) groups is 4. The molecule has 0 aromatic heterocycles. The van der Waals surface area contributed by atoms with Gasteiger partial charge in [0.1, 0.15) is 12.1 Å². The SMILES string of the molecule is CN[C@@H](Cc1ccccc1)C(=O)N[C@@H](CCCNC(N)=O)C(=O)N1CCC[C@H]1C(=O)N[C@H]([C]=O)Cc1ccccc1. The van der Waals surface area contributed by atoms with E-state index >= 15 is 0 Å². The average Bonchev–Trinajstić information content (AvgIpc) is 3.48. The van der Waals surface area contributed by atoms with Crippen molar-refractivity contribution in [3.63, 3.8) is 0 Å². The van der Waals surface area contributed by atoms with Crippen LogP contribution in [-0.4, -0.2) is 79.2 Å². The highest BCUT2D eigenvalue weighted by Gasteiger charge is 2.38. The lowest BCUT2D eigenvalue weighted by atomic mass is 10.0. The third-order valence-electron chi connectivity index (χ3n) is 7.11. The molecule has 219 valence electrons. The first-order chi connectivity index (χ1) is 19.8. The molecule has 1 saturated heterocycles. The van der Waals surface area contributed by atoms with Gasteiger partial charge in [0, 0.05) is 19.5 Å². The van der Waals surface area contributed by atoms with Crippen molar-refractivity contribution in [2.45, 2.75) is 62.7 Å². The van der Waals surface area contributed by atoms with Gasteiger partial charge in [-0.15, -0.1) is 0 Å². The fourth-order valence-corrected chi connectivity index (χ4v) is 4.97. The zero-order valence-electron chi connectivity index (χ0n) is 23.3. The summed E-state index contributed by atoms with van der Waals surface area (Å²) in [4.78, 5) is 64.4. The molecule has 0 spiro atoms. The van der Waals surface area contributed by atoms with Gasteiger partial charge < -0.3 is 31.9 Å². The van der Waals surface area contributed by atoms with Crippen molar-refractivity contribution in [3.05, 3.63) is 71.8 Å². The molecule has 4 atom stereocenters. The number of urea groups is 1. The van der Waals surface area contributed by atoms with Gasteiger partial charge in [-0.3, -0.25) is 19.2 Å². The van der Waals surface area contributed by atoms with Gasteiger partial charge in [0.2, 0.25) is 24.0 Å². The van der Waals surface area contributed by atoms with Gasteiger partial charge in [-0.25, -0.2) is 4.79 Å². The molecule has 1 aliphatic rings. The maximum absolute atomic E-state index is 13.8. The number of rotatable bonds is 15.